The molecule has 1 aliphatic rings. The molecule has 1 rings (SSSR count). The third-order valence-corrected chi connectivity index (χ3v) is 5.63. The quantitative estimate of drug-likeness (QED) is 0.217. The van der Waals surface area contributed by atoms with Crippen LogP contribution >= 0.6 is 35.4 Å². The SMILES string of the molecule is C=CCN(CC=C)C(=O)C(Cl)(Cl)N(CCC1CCCCC1)C(=S)OCC. The van der Waals surface area contributed by atoms with E-state index in [0.29, 0.717) is 32.2 Å². The molecule has 0 saturated heterocycles. The highest BCUT2D eigenvalue weighted by molar-refractivity contribution is 7.80. The van der Waals surface area contributed by atoms with Gasteiger partial charge < -0.3 is 9.64 Å². The monoisotopic (exact) mass is 420 g/mol. The summed E-state index contributed by atoms with van der Waals surface area (Å²) in [5.41, 5.74) is 0. The molecule has 0 N–H and O–H groups in total. The Labute approximate surface area is 173 Å². The van der Waals surface area contributed by atoms with E-state index in [4.69, 9.17) is 40.2 Å². The van der Waals surface area contributed by atoms with Crippen LogP contribution in [0.1, 0.15) is 45.4 Å². The highest BCUT2D eigenvalue weighted by Gasteiger charge is 2.45. The van der Waals surface area contributed by atoms with Gasteiger partial charge in [0, 0.05) is 19.6 Å². The molecule has 26 heavy (non-hydrogen) atoms. The molecule has 0 aromatic carbocycles. The molecule has 1 amide bonds. The smallest absolute Gasteiger partial charge is 0.280 e. The lowest BCUT2D eigenvalue weighted by Gasteiger charge is -2.38. The maximum atomic E-state index is 13.0. The summed E-state index contributed by atoms with van der Waals surface area (Å²) in [6.07, 6.45) is 10.3. The molecule has 0 aliphatic heterocycles. The van der Waals surface area contributed by atoms with Crippen LogP contribution in [-0.4, -0.2) is 51.6 Å². The minimum atomic E-state index is -1.83. The highest BCUT2D eigenvalue weighted by Crippen LogP contribution is 2.33. The van der Waals surface area contributed by atoms with Gasteiger partial charge in [-0.05, 0) is 31.5 Å². The Morgan fingerprint density at radius 1 is 1.23 bits per heavy atom. The Morgan fingerprint density at radius 3 is 2.31 bits per heavy atom. The van der Waals surface area contributed by atoms with Crippen LogP contribution in [0.25, 0.3) is 0 Å². The van der Waals surface area contributed by atoms with Gasteiger partial charge in [0.2, 0.25) is 0 Å². The Bertz CT molecular complexity index is 484. The van der Waals surface area contributed by atoms with Crippen molar-refractivity contribution in [3.05, 3.63) is 25.3 Å². The summed E-state index contributed by atoms with van der Waals surface area (Å²) in [7, 11) is 0. The van der Waals surface area contributed by atoms with Crippen LogP contribution in [0.4, 0.5) is 0 Å². The number of hydrogen-bond acceptors (Lipinski definition) is 3. The third-order valence-electron chi connectivity index (χ3n) is 4.56. The summed E-state index contributed by atoms with van der Waals surface area (Å²) in [5.74, 6) is 0.152. The van der Waals surface area contributed by atoms with Gasteiger partial charge in [0.05, 0.1) is 6.61 Å². The molecule has 0 unspecified atom stereocenters. The van der Waals surface area contributed by atoms with Crippen LogP contribution < -0.4 is 0 Å². The van der Waals surface area contributed by atoms with Gasteiger partial charge in [0.15, 0.2) is 0 Å². The number of ether oxygens (including phenoxy) is 1. The van der Waals surface area contributed by atoms with Crippen molar-refractivity contribution in [1.82, 2.24) is 9.80 Å². The van der Waals surface area contributed by atoms with E-state index in [1.807, 2.05) is 6.92 Å². The van der Waals surface area contributed by atoms with Crippen molar-refractivity contribution < 1.29 is 9.53 Å². The molecule has 0 aromatic heterocycles. The van der Waals surface area contributed by atoms with Gasteiger partial charge in [-0.3, -0.25) is 9.69 Å². The molecule has 1 aliphatic carbocycles. The molecule has 0 bridgehead atoms. The molecule has 0 atom stereocenters. The van der Waals surface area contributed by atoms with E-state index in [9.17, 15) is 4.79 Å². The second-order valence-electron chi connectivity index (χ2n) is 6.47. The van der Waals surface area contributed by atoms with Crippen molar-refractivity contribution in [1.29, 1.82) is 0 Å². The molecule has 148 valence electrons. The van der Waals surface area contributed by atoms with Crippen molar-refractivity contribution in [2.75, 3.05) is 26.2 Å². The molecule has 1 saturated carbocycles. The van der Waals surface area contributed by atoms with Crippen molar-refractivity contribution in [2.24, 2.45) is 5.92 Å². The zero-order valence-corrected chi connectivity index (χ0v) is 17.9. The average Bonchev–Trinajstić information content (AvgIpc) is 2.62. The van der Waals surface area contributed by atoms with E-state index < -0.39 is 10.4 Å². The summed E-state index contributed by atoms with van der Waals surface area (Å²) in [5, 5.41) is 0.152. The van der Waals surface area contributed by atoms with E-state index in [2.05, 4.69) is 13.2 Å². The van der Waals surface area contributed by atoms with Gasteiger partial charge in [-0.2, -0.15) is 0 Å². The molecule has 0 radical (unpaired) electrons. The number of nitrogens with zero attached hydrogens (tertiary/aromatic N) is 2. The molecule has 4 nitrogen and oxygen atoms in total. The van der Waals surface area contributed by atoms with Crippen molar-refractivity contribution in [3.8, 4) is 0 Å². The van der Waals surface area contributed by atoms with Gasteiger partial charge in [-0.1, -0.05) is 67.5 Å². The topological polar surface area (TPSA) is 32.8 Å². The minimum Gasteiger partial charge on any atom is -0.471 e. The predicted octanol–water partition coefficient (Wildman–Crippen LogP) is 4.91. The Hall–Kier alpha value is -0.780. The maximum absolute atomic E-state index is 13.0. The third kappa shape index (κ3) is 6.75. The molecular formula is C19H30Cl2N2O2S. The van der Waals surface area contributed by atoms with Crippen molar-refractivity contribution in [2.45, 2.75) is 49.9 Å². The molecular weight excluding hydrogens is 391 g/mol. The Kier molecular flexibility index (Phi) is 10.6. The molecule has 7 heteroatoms. The van der Waals surface area contributed by atoms with Crippen LogP contribution in [0, 0.1) is 5.92 Å². The number of carbonyl (C=O) groups excluding carboxylic acids is 1. The van der Waals surface area contributed by atoms with Crippen molar-refractivity contribution >= 4 is 46.5 Å². The Balaban J connectivity index is 2.92. The first-order valence-electron chi connectivity index (χ1n) is 9.21. The molecule has 0 aromatic rings. The lowest BCUT2D eigenvalue weighted by Crippen LogP contribution is -2.55. The lowest BCUT2D eigenvalue weighted by molar-refractivity contribution is -0.133. The van der Waals surface area contributed by atoms with Gasteiger partial charge in [0.25, 0.3) is 15.5 Å². The van der Waals surface area contributed by atoms with Gasteiger partial charge >= 0.3 is 0 Å². The zero-order valence-electron chi connectivity index (χ0n) is 15.6. The first-order chi connectivity index (χ1) is 12.4. The molecule has 0 heterocycles. The van der Waals surface area contributed by atoms with E-state index in [0.717, 1.165) is 6.42 Å². The fourth-order valence-electron chi connectivity index (χ4n) is 3.19. The fourth-order valence-corrected chi connectivity index (χ4v) is 4.20. The summed E-state index contributed by atoms with van der Waals surface area (Å²) < 4.78 is 3.63. The van der Waals surface area contributed by atoms with Gasteiger partial charge in [-0.15, -0.1) is 13.2 Å². The summed E-state index contributed by atoms with van der Waals surface area (Å²) in [6, 6.07) is 0. The average molecular weight is 421 g/mol. The Morgan fingerprint density at radius 2 is 1.81 bits per heavy atom. The van der Waals surface area contributed by atoms with Crippen LogP contribution in [0.5, 0.6) is 0 Å². The second-order valence-corrected chi connectivity index (χ2v) is 8.11. The molecule has 1 fully saturated rings. The number of alkyl halides is 2. The minimum absolute atomic E-state index is 0.152. The van der Waals surface area contributed by atoms with Gasteiger partial charge in [0.1, 0.15) is 0 Å². The molecule has 0 spiro atoms. The maximum Gasteiger partial charge on any atom is 0.280 e. The number of carbonyl (C=O) groups is 1. The van der Waals surface area contributed by atoms with E-state index in [1.54, 1.807) is 12.2 Å². The standard InChI is InChI=1S/C19H30Cl2N2O2S/c1-4-13-22(14-5-2)17(24)19(20,21)23(18(26)25-6-3)15-12-16-10-8-7-9-11-16/h4-5,16H,1-2,6-15H2,3H3. The van der Waals surface area contributed by atoms with Crippen molar-refractivity contribution in [3.63, 3.8) is 0 Å². The number of rotatable bonds is 10. The summed E-state index contributed by atoms with van der Waals surface area (Å²) >= 11 is 18.4. The lowest BCUT2D eigenvalue weighted by atomic mass is 9.87. The van der Waals surface area contributed by atoms with E-state index in [1.165, 1.54) is 41.9 Å². The first kappa shape index (κ1) is 23.3. The number of thiocarbonyl (C=S) groups is 1. The number of halogens is 2. The van der Waals surface area contributed by atoms with Crippen LogP contribution in [0.15, 0.2) is 25.3 Å². The van der Waals surface area contributed by atoms with Crippen LogP contribution in [0.2, 0.25) is 0 Å². The summed E-state index contributed by atoms with van der Waals surface area (Å²) in [4.78, 5) is 15.9. The first-order valence-corrected chi connectivity index (χ1v) is 10.4. The highest BCUT2D eigenvalue weighted by atomic mass is 35.5. The van der Waals surface area contributed by atoms with Gasteiger partial charge in [-0.25, -0.2) is 0 Å². The van der Waals surface area contributed by atoms with E-state index >= 15 is 0 Å². The van der Waals surface area contributed by atoms with Crippen LogP contribution in [-0.2, 0) is 9.53 Å². The largest absolute Gasteiger partial charge is 0.471 e. The zero-order chi connectivity index (χ0) is 19.6. The number of amides is 1. The second kappa shape index (κ2) is 11.8. The normalized spacial score (nSPS) is 15.2. The van der Waals surface area contributed by atoms with Crippen LogP contribution in [0.3, 0.4) is 0 Å². The fraction of sp³-hybridized carbons (Fsp3) is 0.684. The van der Waals surface area contributed by atoms with E-state index in [-0.39, 0.29) is 5.17 Å². The summed E-state index contributed by atoms with van der Waals surface area (Å²) in [6.45, 7) is 10.7. The number of hydrogen-bond donors (Lipinski definition) is 0. The predicted molar refractivity (Wildman–Crippen MR) is 114 cm³/mol.